The van der Waals surface area contributed by atoms with E-state index in [9.17, 15) is 9.59 Å². The number of amides is 1. The molecule has 9 heteroatoms. The van der Waals surface area contributed by atoms with Gasteiger partial charge in [-0.2, -0.15) is 0 Å². The molecule has 1 aliphatic heterocycles. The first-order chi connectivity index (χ1) is 18.5. The summed E-state index contributed by atoms with van der Waals surface area (Å²) in [7, 11) is -2.71. The van der Waals surface area contributed by atoms with Gasteiger partial charge in [-0.05, 0) is 21.3 Å². The monoisotopic (exact) mass is 581 g/mol. The fourth-order valence-corrected chi connectivity index (χ4v) is 11.4. The largest absolute Gasteiger partial charge is 0.405 e. The minimum absolute atomic E-state index is 0.138. The highest BCUT2D eigenvalue weighted by Crippen LogP contribution is 2.37. The molecule has 3 aromatic rings. The number of thioether (sulfide) groups is 1. The van der Waals surface area contributed by atoms with Crippen LogP contribution >= 0.6 is 23.1 Å². The number of carbonyl (C=O) groups excluding carboxylic acids is 2. The summed E-state index contributed by atoms with van der Waals surface area (Å²) >= 11 is 2.85. The van der Waals surface area contributed by atoms with Crippen molar-refractivity contribution >= 4 is 57.9 Å². The average molecular weight is 582 g/mol. The van der Waals surface area contributed by atoms with Crippen molar-refractivity contribution in [1.82, 2.24) is 10.3 Å². The molecule has 1 atom stereocenters. The van der Waals surface area contributed by atoms with Crippen molar-refractivity contribution < 1.29 is 14.0 Å². The maximum absolute atomic E-state index is 13.3. The van der Waals surface area contributed by atoms with Gasteiger partial charge in [-0.1, -0.05) is 107 Å². The number of nitrogens with one attached hydrogen (secondary N) is 1. The van der Waals surface area contributed by atoms with Gasteiger partial charge in [0.1, 0.15) is 5.69 Å². The van der Waals surface area contributed by atoms with Gasteiger partial charge in [0.15, 0.2) is 10.2 Å². The summed E-state index contributed by atoms with van der Waals surface area (Å²) in [6.45, 7) is 14.6. The Bertz CT molecular complexity index is 1220. The van der Waals surface area contributed by atoms with Gasteiger partial charge in [-0.3, -0.25) is 9.59 Å². The molecule has 1 aromatic heterocycles. The Morgan fingerprint density at radius 3 is 2.13 bits per heavy atom. The molecule has 1 amide bonds. The van der Waals surface area contributed by atoms with Crippen molar-refractivity contribution in [2.24, 2.45) is 5.92 Å². The average Bonchev–Trinajstić information content (AvgIpc) is 3.35. The van der Waals surface area contributed by atoms with E-state index in [2.05, 4.69) is 98.4 Å². The molecular formula is C30H39N3O3S2Si. The van der Waals surface area contributed by atoms with Crippen LogP contribution in [-0.4, -0.2) is 55.3 Å². The summed E-state index contributed by atoms with van der Waals surface area (Å²) in [4.78, 5) is 31.4. The number of hydrogen-bond acceptors (Lipinski definition) is 7. The highest BCUT2D eigenvalue weighted by molar-refractivity contribution is 8.14. The van der Waals surface area contributed by atoms with E-state index in [4.69, 9.17) is 4.43 Å². The predicted molar refractivity (Wildman–Crippen MR) is 166 cm³/mol. The number of nitrogens with zero attached hydrogens (tertiary/aromatic N) is 2. The van der Waals surface area contributed by atoms with Crippen LogP contribution in [-0.2, 0) is 9.22 Å². The second-order valence-electron chi connectivity index (χ2n) is 11.4. The molecule has 39 heavy (non-hydrogen) atoms. The standard InChI is InChI=1S/C30H39N3O3S2Si/c1-21(2)26(31-28(35)27-20-37-29(32-27)33-17-23(18-33)38-22(3)34)19-36-39(30(4,5)6,24-13-9-7-10-14-24)25-15-11-8-12-16-25/h7-16,20-21,23,26H,17-19H2,1-6H3,(H,31,35). The molecule has 0 aliphatic carbocycles. The molecule has 1 fully saturated rings. The van der Waals surface area contributed by atoms with E-state index < -0.39 is 8.32 Å². The van der Waals surface area contributed by atoms with Gasteiger partial charge in [0.2, 0.25) is 0 Å². The van der Waals surface area contributed by atoms with Gasteiger partial charge < -0.3 is 14.6 Å². The Kier molecular flexibility index (Phi) is 9.36. The third kappa shape index (κ3) is 6.65. The summed E-state index contributed by atoms with van der Waals surface area (Å²) in [5.74, 6) is -0.0116. The Morgan fingerprint density at radius 1 is 1.08 bits per heavy atom. The van der Waals surface area contributed by atoms with Crippen LogP contribution in [0.25, 0.3) is 0 Å². The molecule has 4 rings (SSSR count). The molecule has 1 saturated heterocycles. The maximum Gasteiger partial charge on any atom is 0.271 e. The number of aromatic nitrogens is 1. The van der Waals surface area contributed by atoms with Crippen LogP contribution in [0.5, 0.6) is 0 Å². The molecule has 0 bridgehead atoms. The van der Waals surface area contributed by atoms with Gasteiger partial charge in [0, 0.05) is 30.6 Å². The number of rotatable bonds is 10. The van der Waals surface area contributed by atoms with Crippen molar-refractivity contribution in [2.75, 3.05) is 24.6 Å². The van der Waals surface area contributed by atoms with E-state index in [1.54, 1.807) is 6.92 Å². The Morgan fingerprint density at radius 2 is 1.64 bits per heavy atom. The topological polar surface area (TPSA) is 71.5 Å². The molecule has 1 unspecified atom stereocenters. The highest BCUT2D eigenvalue weighted by Gasteiger charge is 2.50. The van der Waals surface area contributed by atoms with Crippen LogP contribution < -0.4 is 20.6 Å². The molecule has 0 saturated carbocycles. The number of anilines is 1. The van der Waals surface area contributed by atoms with Gasteiger partial charge in [-0.25, -0.2) is 4.98 Å². The minimum atomic E-state index is -2.71. The van der Waals surface area contributed by atoms with Crippen molar-refractivity contribution in [2.45, 2.75) is 57.9 Å². The maximum atomic E-state index is 13.3. The molecule has 0 spiro atoms. The summed E-state index contributed by atoms with van der Waals surface area (Å²) in [6.07, 6.45) is 0. The first kappa shape index (κ1) is 29.5. The zero-order valence-electron chi connectivity index (χ0n) is 23.6. The molecule has 1 N–H and O–H groups in total. The Hall–Kier alpha value is -2.46. The van der Waals surface area contributed by atoms with Crippen LogP contribution in [0.2, 0.25) is 5.04 Å². The Balaban J connectivity index is 1.51. The van der Waals surface area contributed by atoms with Crippen LogP contribution in [0, 0.1) is 5.92 Å². The molecule has 208 valence electrons. The normalized spacial score (nSPS) is 15.2. The molecule has 0 radical (unpaired) electrons. The van der Waals surface area contributed by atoms with Gasteiger partial charge in [-0.15, -0.1) is 11.3 Å². The molecule has 6 nitrogen and oxygen atoms in total. The zero-order chi connectivity index (χ0) is 28.2. The van der Waals surface area contributed by atoms with Gasteiger partial charge >= 0.3 is 0 Å². The van der Waals surface area contributed by atoms with E-state index in [-0.39, 0.29) is 28.0 Å². The highest BCUT2D eigenvalue weighted by atomic mass is 32.2. The molecule has 2 aromatic carbocycles. The molecule has 1 aliphatic rings. The van der Waals surface area contributed by atoms with Gasteiger partial charge in [0.25, 0.3) is 14.2 Å². The lowest BCUT2D eigenvalue weighted by Gasteiger charge is -2.44. The first-order valence-corrected chi connectivity index (χ1v) is 17.1. The van der Waals surface area contributed by atoms with Crippen molar-refractivity contribution in [3.63, 3.8) is 0 Å². The van der Waals surface area contributed by atoms with E-state index in [0.29, 0.717) is 17.6 Å². The van der Waals surface area contributed by atoms with Crippen LogP contribution in [0.15, 0.2) is 66.0 Å². The number of hydrogen-bond donors (Lipinski definition) is 1. The SMILES string of the molecule is CC(=O)SC1CN(c2nc(C(=O)NC(CO[Si](c3ccccc3)(c3ccccc3)C(C)(C)C)C(C)C)cs2)C1. The van der Waals surface area contributed by atoms with E-state index in [1.165, 1.54) is 33.5 Å². The number of benzene rings is 2. The fraction of sp³-hybridized carbons (Fsp3) is 0.433. The minimum Gasteiger partial charge on any atom is -0.405 e. The van der Waals surface area contributed by atoms with E-state index in [1.807, 2.05) is 17.5 Å². The lowest BCUT2D eigenvalue weighted by molar-refractivity contribution is -0.109. The lowest BCUT2D eigenvalue weighted by Crippen LogP contribution is -2.67. The third-order valence-electron chi connectivity index (χ3n) is 7.19. The summed E-state index contributed by atoms with van der Waals surface area (Å²) in [6, 6.07) is 20.9. The van der Waals surface area contributed by atoms with Crippen molar-refractivity contribution in [3.8, 4) is 0 Å². The van der Waals surface area contributed by atoms with Crippen molar-refractivity contribution in [3.05, 3.63) is 71.7 Å². The number of carbonyl (C=O) groups is 2. The van der Waals surface area contributed by atoms with Crippen LogP contribution in [0.4, 0.5) is 5.13 Å². The summed E-state index contributed by atoms with van der Waals surface area (Å²) in [5.41, 5.74) is 0.425. The smallest absolute Gasteiger partial charge is 0.271 e. The number of thiazole rings is 1. The van der Waals surface area contributed by atoms with Crippen LogP contribution in [0.1, 0.15) is 52.0 Å². The summed E-state index contributed by atoms with van der Waals surface area (Å²) < 4.78 is 7.11. The third-order valence-corrected chi connectivity index (χ3v) is 14.1. The fourth-order valence-electron chi connectivity index (χ4n) is 5.04. The quantitative estimate of drug-likeness (QED) is 0.342. The lowest BCUT2D eigenvalue weighted by atomic mass is 10.1. The van der Waals surface area contributed by atoms with Crippen LogP contribution in [0.3, 0.4) is 0 Å². The predicted octanol–water partition coefficient (Wildman–Crippen LogP) is 4.94. The Labute approximate surface area is 241 Å². The van der Waals surface area contributed by atoms with Gasteiger partial charge in [0.05, 0.1) is 12.6 Å². The van der Waals surface area contributed by atoms with Crippen molar-refractivity contribution in [1.29, 1.82) is 0 Å². The van der Waals surface area contributed by atoms with E-state index >= 15 is 0 Å². The molecule has 2 heterocycles. The molecular weight excluding hydrogens is 543 g/mol. The second-order valence-corrected chi connectivity index (χ2v) is 18.1. The summed E-state index contributed by atoms with van der Waals surface area (Å²) in [5, 5.41) is 8.60. The second kappa shape index (κ2) is 12.4. The zero-order valence-corrected chi connectivity index (χ0v) is 26.3. The van der Waals surface area contributed by atoms with E-state index in [0.717, 1.165) is 18.2 Å². The first-order valence-electron chi connectivity index (χ1n) is 13.4.